The molecule has 1 radical (unpaired) electrons. The van der Waals surface area contributed by atoms with E-state index in [1.54, 1.807) is 18.2 Å². The molecule has 0 heterocycles. The molecule has 2 aromatic carbocycles. The van der Waals surface area contributed by atoms with Gasteiger partial charge in [0.25, 0.3) is 0 Å². The molecule has 75 valence electrons. The van der Waals surface area contributed by atoms with Gasteiger partial charge in [-0.25, -0.2) is 4.39 Å². The first-order valence-electron chi connectivity index (χ1n) is 4.33. The normalized spacial score (nSPS) is 10.3. The molecule has 0 aromatic heterocycles. The zero-order valence-corrected chi connectivity index (χ0v) is 8.42. The number of phenolic OH excluding ortho intramolecular Hbond substituents is 1. The van der Waals surface area contributed by atoms with Crippen molar-refractivity contribution < 1.29 is 9.50 Å². The maximum atomic E-state index is 12.9. The van der Waals surface area contributed by atoms with Crippen LogP contribution in [0.2, 0.25) is 5.02 Å². The zero-order valence-electron chi connectivity index (χ0n) is 7.67. The molecule has 0 saturated carbocycles. The molecular formula is C12H7ClFO. The highest BCUT2D eigenvalue weighted by molar-refractivity contribution is 6.31. The molecule has 0 amide bonds. The minimum absolute atomic E-state index is 0.0595. The lowest BCUT2D eigenvalue weighted by atomic mass is 10.1. The van der Waals surface area contributed by atoms with Gasteiger partial charge in [0, 0.05) is 0 Å². The Morgan fingerprint density at radius 2 is 2.00 bits per heavy atom. The van der Waals surface area contributed by atoms with Crippen LogP contribution in [-0.2, 0) is 0 Å². The van der Waals surface area contributed by atoms with Gasteiger partial charge in [-0.2, -0.15) is 0 Å². The molecule has 0 fully saturated rings. The molecule has 0 aliphatic rings. The molecule has 3 heteroatoms. The molecule has 0 atom stereocenters. The summed E-state index contributed by atoms with van der Waals surface area (Å²) in [6.07, 6.45) is 0. The fourth-order valence-corrected chi connectivity index (χ4v) is 1.47. The predicted octanol–water partition coefficient (Wildman–Crippen LogP) is 3.65. The van der Waals surface area contributed by atoms with Crippen molar-refractivity contribution in [2.75, 3.05) is 0 Å². The van der Waals surface area contributed by atoms with Crippen LogP contribution in [0.25, 0.3) is 11.1 Å². The SMILES string of the molecule is Oc1cc[c]c(-c2ccc(F)c(Cl)c2)c1. The molecule has 15 heavy (non-hydrogen) atoms. The average molecular weight is 222 g/mol. The van der Waals surface area contributed by atoms with Gasteiger partial charge in [0.15, 0.2) is 0 Å². The number of rotatable bonds is 1. The minimum atomic E-state index is -0.458. The fraction of sp³-hybridized carbons (Fsp3) is 0. The second-order valence-electron chi connectivity index (χ2n) is 3.09. The van der Waals surface area contributed by atoms with Crippen molar-refractivity contribution in [2.45, 2.75) is 0 Å². The zero-order chi connectivity index (χ0) is 10.8. The van der Waals surface area contributed by atoms with E-state index in [4.69, 9.17) is 11.6 Å². The van der Waals surface area contributed by atoms with Crippen LogP contribution in [-0.4, -0.2) is 5.11 Å². The summed E-state index contributed by atoms with van der Waals surface area (Å²) in [5.41, 5.74) is 1.40. The van der Waals surface area contributed by atoms with Crippen molar-refractivity contribution in [3.05, 3.63) is 53.3 Å². The summed E-state index contributed by atoms with van der Waals surface area (Å²) in [5.74, 6) is -0.315. The first-order valence-corrected chi connectivity index (χ1v) is 4.71. The van der Waals surface area contributed by atoms with E-state index >= 15 is 0 Å². The summed E-state index contributed by atoms with van der Waals surface area (Å²) in [7, 11) is 0. The molecule has 0 saturated heterocycles. The second-order valence-corrected chi connectivity index (χ2v) is 3.50. The summed E-state index contributed by atoms with van der Waals surface area (Å²) in [6, 6.07) is 12.0. The number of benzene rings is 2. The Morgan fingerprint density at radius 3 is 2.67 bits per heavy atom. The van der Waals surface area contributed by atoms with Crippen LogP contribution in [0.15, 0.2) is 36.4 Å². The largest absolute Gasteiger partial charge is 0.508 e. The Balaban J connectivity index is 2.50. The highest BCUT2D eigenvalue weighted by atomic mass is 35.5. The van der Waals surface area contributed by atoms with Crippen LogP contribution in [0.1, 0.15) is 0 Å². The maximum absolute atomic E-state index is 12.9. The minimum Gasteiger partial charge on any atom is -0.508 e. The molecule has 2 aromatic rings. The van der Waals surface area contributed by atoms with Crippen LogP contribution < -0.4 is 0 Å². The average Bonchev–Trinajstić information content (AvgIpc) is 2.22. The molecule has 2 rings (SSSR count). The van der Waals surface area contributed by atoms with Gasteiger partial charge in [-0.05, 0) is 41.5 Å². The van der Waals surface area contributed by atoms with E-state index in [2.05, 4.69) is 6.07 Å². The highest BCUT2D eigenvalue weighted by Crippen LogP contribution is 2.26. The Kier molecular flexibility index (Phi) is 2.60. The first kappa shape index (κ1) is 9.99. The second kappa shape index (κ2) is 3.91. The van der Waals surface area contributed by atoms with Crippen LogP contribution in [0.3, 0.4) is 0 Å². The van der Waals surface area contributed by atoms with Crippen molar-refractivity contribution in [3.63, 3.8) is 0 Å². The lowest BCUT2D eigenvalue weighted by molar-refractivity contribution is 0.475. The number of aromatic hydroxyl groups is 1. The molecule has 0 unspecified atom stereocenters. The lowest BCUT2D eigenvalue weighted by Gasteiger charge is -2.02. The fourth-order valence-electron chi connectivity index (χ4n) is 1.28. The lowest BCUT2D eigenvalue weighted by Crippen LogP contribution is -1.81. The van der Waals surface area contributed by atoms with Crippen LogP contribution in [0, 0.1) is 11.9 Å². The molecule has 0 aliphatic carbocycles. The van der Waals surface area contributed by atoms with Crippen LogP contribution in [0.4, 0.5) is 4.39 Å². The number of halogens is 2. The Bertz CT molecular complexity index is 497. The van der Waals surface area contributed by atoms with E-state index in [-0.39, 0.29) is 10.8 Å². The maximum Gasteiger partial charge on any atom is 0.141 e. The molecule has 1 N–H and O–H groups in total. The summed E-state index contributed by atoms with van der Waals surface area (Å²) in [5, 5.41) is 9.33. The molecular weight excluding hydrogens is 215 g/mol. The molecule has 1 nitrogen and oxygen atoms in total. The Labute approximate surface area is 91.8 Å². The van der Waals surface area contributed by atoms with E-state index in [1.807, 2.05) is 0 Å². The molecule has 0 spiro atoms. The number of phenols is 1. The van der Waals surface area contributed by atoms with Crippen molar-refractivity contribution in [1.82, 2.24) is 0 Å². The van der Waals surface area contributed by atoms with Crippen molar-refractivity contribution in [3.8, 4) is 16.9 Å². The van der Waals surface area contributed by atoms with Gasteiger partial charge in [0.05, 0.1) is 5.02 Å². The molecule has 0 aliphatic heterocycles. The van der Waals surface area contributed by atoms with Crippen molar-refractivity contribution >= 4 is 11.6 Å². The van der Waals surface area contributed by atoms with Crippen LogP contribution in [0.5, 0.6) is 5.75 Å². The standard InChI is InChI=1S/C12H7ClFO/c13-11-7-9(4-5-12(11)14)8-2-1-3-10(15)6-8/h1,3-7,15H. The topological polar surface area (TPSA) is 20.2 Å². The Hall–Kier alpha value is -1.54. The van der Waals surface area contributed by atoms with E-state index in [1.165, 1.54) is 18.2 Å². The summed E-state index contributed by atoms with van der Waals surface area (Å²) >= 11 is 5.65. The van der Waals surface area contributed by atoms with E-state index in [0.29, 0.717) is 5.56 Å². The smallest absolute Gasteiger partial charge is 0.141 e. The van der Waals surface area contributed by atoms with Gasteiger partial charge in [0.2, 0.25) is 0 Å². The van der Waals surface area contributed by atoms with Gasteiger partial charge >= 0.3 is 0 Å². The number of hydrogen-bond acceptors (Lipinski definition) is 1. The van der Waals surface area contributed by atoms with Crippen molar-refractivity contribution in [1.29, 1.82) is 0 Å². The third-order valence-corrected chi connectivity index (χ3v) is 2.31. The predicted molar refractivity (Wildman–Crippen MR) is 57.3 cm³/mol. The third-order valence-electron chi connectivity index (χ3n) is 2.02. The van der Waals surface area contributed by atoms with Gasteiger partial charge in [-0.1, -0.05) is 23.7 Å². The highest BCUT2D eigenvalue weighted by Gasteiger charge is 2.03. The van der Waals surface area contributed by atoms with Gasteiger partial charge in [-0.15, -0.1) is 0 Å². The van der Waals surface area contributed by atoms with Gasteiger partial charge in [0.1, 0.15) is 11.6 Å². The van der Waals surface area contributed by atoms with Gasteiger partial charge in [-0.3, -0.25) is 0 Å². The summed E-state index contributed by atoms with van der Waals surface area (Å²) < 4.78 is 12.9. The Morgan fingerprint density at radius 1 is 1.20 bits per heavy atom. The van der Waals surface area contributed by atoms with E-state index in [9.17, 15) is 9.50 Å². The van der Waals surface area contributed by atoms with Crippen LogP contribution >= 0.6 is 11.6 Å². The van der Waals surface area contributed by atoms with Gasteiger partial charge < -0.3 is 5.11 Å². The first-order chi connectivity index (χ1) is 7.16. The van der Waals surface area contributed by atoms with Crippen molar-refractivity contribution in [2.24, 2.45) is 0 Å². The monoisotopic (exact) mass is 221 g/mol. The van der Waals surface area contributed by atoms with E-state index < -0.39 is 5.82 Å². The quantitative estimate of drug-likeness (QED) is 0.779. The summed E-state index contributed by atoms with van der Waals surface area (Å²) in [6.45, 7) is 0. The number of hydrogen-bond donors (Lipinski definition) is 1. The van der Waals surface area contributed by atoms with E-state index in [0.717, 1.165) is 5.56 Å². The summed E-state index contributed by atoms with van der Waals surface area (Å²) in [4.78, 5) is 0. The third kappa shape index (κ3) is 2.10. The molecule has 0 bridgehead atoms.